The molecule has 4 rings (SSSR count). The van der Waals surface area contributed by atoms with Gasteiger partial charge in [0.25, 0.3) is 0 Å². The molecule has 2 aromatic rings. The number of carbonyl (C=O) groups is 2. The van der Waals surface area contributed by atoms with Crippen molar-refractivity contribution in [2.24, 2.45) is 0 Å². The highest BCUT2D eigenvalue weighted by molar-refractivity contribution is 6.31. The van der Waals surface area contributed by atoms with E-state index in [0.717, 1.165) is 28.0 Å². The molecule has 3 nitrogen and oxygen atoms in total. The van der Waals surface area contributed by atoms with Gasteiger partial charge in [-0.1, -0.05) is 54.1 Å². The van der Waals surface area contributed by atoms with Gasteiger partial charge in [-0.3, -0.25) is 9.59 Å². The molecule has 0 saturated heterocycles. The Labute approximate surface area is 158 Å². The van der Waals surface area contributed by atoms with E-state index in [4.69, 9.17) is 11.6 Å². The molecule has 2 aliphatic rings. The lowest BCUT2D eigenvalue weighted by Crippen LogP contribution is -2.38. The molecule has 0 unspecified atom stereocenters. The third-order valence-electron chi connectivity index (χ3n) is 5.45. The monoisotopic (exact) mass is 365 g/mol. The molecule has 1 amide bonds. The first kappa shape index (κ1) is 17.0. The van der Waals surface area contributed by atoms with Crippen LogP contribution in [0, 0.1) is 6.92 Å². The molecule has 0 spiro atoms. The fourth-order valence-electron chi connectivity index (χ4n) is 4.23. The lowest BCUT2D eigenvalue weighted by atomic mass is 9.73. The van der Waals surface area contributed by atoms with E-state index in [1.54, 1.807) is 0 Å². The van der Waals surface area contributed by atoms with Crippen LogP contribution in [-0.2, 0) is 9.59 Å². The van der Waals surface area contributed by atoms with Crippen molar-refractivity contribution in [3.63, 3.8) is 0 Å². The molecule has 1 N–H and O–H groups in total. The second-order valence-corrected chi connectivity index (χ2v) is 7.51. The summed E-state index contributed by atoms with van der Waals surface area (Å²) in [6.45, 7) is 2.03. The highest BCUT2D eigenvalue weighted by atomic mass is 35.5. The summed E-state index contributed by atoms with van der Waals surface area (Å²) in [4.78, 5) is 25.4. The average Bonchev–Trinajstić information content (AvgIpc) is 2.61. The summed E-state index contributed by atoms with van der Waals surface area (Å²) < 4.78 is 0. The maximum absolute atomic E-state index is 13.1. The molecular weight excluding hydrogens is 346 g/mol. The zero-order valence-corrected chi connectivity index (χ0v) is 15.3. The Morgan fingerprint density at radius 1 is 0.923 bits per heavy atom. The van der Waals surface area contributed by atoms with Crippen LogP contribution in [0.1, 0.15) is 47.8 Å². The van der Waals surface area contributed by atoms with E-state index in [-0.39, 0.29) is 23.5 Å². The largest absolute Gasteiger partial charge is 0.329 e. The van der Waals surface area contributed by atoms with Gasteiger partial charge in [-0.15, -0.1) is 0 Å². The molecule has 1 aliphatic carbocycles. The molecule has 0 saturated carbocycles. The van der Waals surface area contributed by atoms with Crippen LogP contribution in [0.3, 0.4) is 0 Å². The number of amides is 1. The van der Waals surface area contributed by atoms with Gasteiger partial charge in [0.15, 0.2) is 5.78 Å². The molecule has 0 fully saturated rings. The van der Waals surface area contributed by atoms with Crippen molar-refractivity contribution in [2.75, 3.05) is 0 Å². The molecule has 0 bridgehead atoms. The van der Waals surface area contributed by atoms with E-state index in [9.17, 15) is 9.59 Å². The molecule has 132 valence electrons. The van der Waals surface area contributed by atoms with E-state index in [2.05, 4.69) is 5.32 Å². The van der Waals surface area contributed by atoms with Gasteiger partial charge >= 0.3 is 0 Å². The quantitative estimate of drug-likeness (QED) is 0.841. The van der Waals surface area contributed by atoms with Crippen LogP contribution in [0.5, 0.6) is 0 Å². The van der Waals surface area contributed by atoms with Crippen molar-refractivity contribution in [3.05, 3.63) is 81.5 Å². The lowest BCUT2D eigenvalue weighted by molar-refractivity contribution is -0.122. The summed E-state index contributed by atoms with van der Waals surface area (Å²) in [5.41, 5.74) is 4.71. The highest BCUT2D eigenvalue weighted by Gasteiger charge is 2.38. The molecular formula is C22H20ClNO2. The number of Topliss-reactive ketones (excluding diaryl/α,β-unsaturated/α-hetero) is 1. The summed E-state index contributed by atoms with van der Waals surface area (Å²) in [5, 5.41) is 3.64. The molecule has 4 heteroatoms. The zero-order chi connectivity index (χ0) is 18.3. The number of carbonyl (C=O) groups excluding carboxylic acids is 2. The van der Waals surface area contributed by atoms with Crippen LogP contribution in [0.25, 0.3) is 0 Å². The Morgan fingerprint density at radius 2 is 1.62 bits per heavy atom. The zero-order valence-electron chi connectivity index (χ0n) is 14.6. The highest BCUT2D eigenvalue weighted by Crippen LogP contribution is 2.44. The van der Waals surface area contributed by atoms with Gasteiger partial charge in [-0.05, 0) is 42.0 Å². The van der Waals surface area contributed by atoms with Crippen molar-refractivity contribution in [3.8, 4) is 0 Å². The first-order valence-electron chi connectivity index (χ1n) is 8.90. The molecule has 26 heavy (non-hydrogen) atoms. The number of allylic oxidation sites excluding steroid dienone is 2. The number of hydrogen-bond donors (Lipinski definition) is 1. The SMILES string of the molecule is Cc1ccccc1[C@H]1CC(=O)NC2=C1C(=O)C[C@@H](c1ccccc1Cl)C2. The maximum atomic E-state index is 13.1. The average molecular weight is 366 g/mol. The number of aryl methyl sites for hydroxylation is 1. The van der Waals surface area contributed by atoms with Crippen molar-refractivity contribution in [2.45, 2.75) is 38.0 Å². The Bertz CT molecular complexity index is 931. The van der Waals surface area contributed by atoms with Gasteiger partial charge in [0, 0.05) is 35.1 Å². The first-order valence-corrected chi connectivity index (χ1v) is 9.28. The molecule has 2 atom stereocenters. The van der Waals surface area contributed by atoms with Gasteiger partial charge in [0.2, 0.25) is 5.91 Å². The van der Waals surface area contributed by atoms with Crippen LogP contribution in [-0.4, -0.2) is 11.7 Å². The summed E-state index contributed by atoms with van der Waals surface area (Å²) in [5.74, 6) is -0.0560. The third kappa shape index (κ3) is 2.97. The minimum Gasteiger partial charge on any atom is -0.329 e. The predicted molar refractivity (Wildman–Crippen MR) is 102 cm³/mol. The van der Waals surface area contributed by atoms with Crippen molar-refractivity contribution >= 4 is 23.3 Å². The fourth-order valence-corrected chi connectivity index (χ4v) is 4.52. The molecule has 2 aromatic carbocycles. The molecule has 0 radical (unpaired) electrons. The smallest absolute Gasteiger partial charge is 0.225 e. The van der Waals surface area contributed by atoms with Crippen LogP contribution < -0.4 is 5.32 Å². The van der Waals surface area contributed by atoms with Crippen LogP contribution >= 0.6 is 11.6 Å². The van der Waals surface area contributed by atoms with Gasteiger partial charge in [0.05, 0.1) is 0 Å². The normalized spacial score (nSPS) is 22.8. The predicted octanol–water partition coefficient (Wildman–Crippen LogP) is 4.65. The number of hydrogen-bond acceptors (Lipinski definition) is 2. The van der Waals surface area contributed by atoms with Crippen LogP contribution in [0.15, 0.2) is 59.8 Å². The second-order valence-electron chi connectivity index (χ2n) is 7.10. The summed E-state index contributed by atoms with van der Waals surface area (Å²) in [6.07, 6.45) is 1.39. The Balaban J connectivity index is 1.76. The second kappa shape index (κ2) is 6.73. The summed E-state index contributed by atoms with van der Waals surface area (Å²) >= 11 is 6.34. The van der Waals surface area contributed by atoms with Gasteiger partial charge < -0.3 is 5.32 Å². The lowest BCUT2D eigenvalue weighted by Gasteiger charge is -2.35. The van der Waals surface area contributed by atoms with E-state index >= 15 is 0 Å². The molecule has 1 aliphatic heterocycles. The first-order chi connectivity index (χ1) is 12.5. The summed E-state index contributed by atoms with van der Waals surface area (Å²) in [7, 11) is 0. The molecule has 1 heterocycles. The number of ketones is 1. The van der Waals surface area contributed by atoms with Gasteiger partial charge in [-0.2, -0.15) is 0 Å². The van der Waals surface area contributed by atoms with E-state index in [1.165, 1.54) is 0 Å². The number of nitrogens with one attached hydrogen (secondary N) is 1. The van der Waals surface area contributed by atoms with E-state index in [0.29, 0.717) is 24.3 Å². The fraction of sp³-hybridized carbons (Fsp3) is 0.273. The Kier molecular flexibility index (Phi) is 4.41. The number of halogens is 1. The van der Waals surface area contributed by atoms with Crippen LogP contribution in [0.2, 0.25) is 5.02 Å². The maximum Gasteiger partial charge on any atom is 0.225 e. The van der Waals surface area contributed by atoms with E-state index < -0.39 is 0 Å². The van der Waals surface area contributed by atoms with E-state index in [1.807, 2.05) is 55.5 Å². The topological polar surface area (TPSA) is 46.2 Å². The Hall–Kier alpha value is -2.39. The standard InChI is InChI=1S/C22H20ClNO2/c1-13-6-2-3-7-15(13)17-12-21(26)24-19-10-14(11-20(25)22(17)19)16-8-4-5-9-18(16)23/h2-9,14,17H,10-12H2,1H3,(H,24,26)/t14-,17+/m0/s1. The number of rotatable bonds is 2. The Morgan fingerprint density at radius 3 is 2.35 bits per heavy atom. The van der Waals surface area contributed by atoms with Gasteiger partial charge in [0.1, 0.15) is 0 Å². The number of benzene rings is 2. The minimum atomic E-state index is -0.153. The van der Waals surface area contributed by atoms with Crippen LogP contribution in [0.4, 0.5) is 0 Å². The van der Waals surface area contributed by atoms with Crippen molar-refractivity contribution in [1.29, 1.82) is 0 Å². The molecule has 0 aromatic heterocycles. The minimum absolute atomic E-state index is 0.00544. The third-order valence-corrected chi connectivity index (χ3v) is 5.79. The van der Waals surface area contributed by atoms with Crippen molar-refractivity contribution in [1.82, 2.24) is 5.32 Å². The summed E-state index contributed by atoms with van der Waals surface area (Å²) in [6, 6.07) is 15.6. The van der Waals surface area contributed by atoms with Crippen molar-refractivity contribution < 1.29 is 9.59 Å². The van der Waals surface area contributed by atoms with Gasteiger partial charge in [-0.25, -0.2) is 0 Å².